The van der Waals surface area contributed by atoms with Gasteiger partial charge in [-0.25, -0.2) is 0 Å². The van der Waals surface area contributed by atoms with Crippen molar-refractivity contribution in [3.8, 4) is 11.5 Å². The second-order valence-electron chi connectivity index (χ2n) is 10.5. The molecule has 3 nitrogen and oxygen atoms in total. The van der Waals surface area contributed by atoms with Gasteiger partial charge in [0.2, 0.25) is 0 Å². The number of aromatic hydroxyl groups is 1. The summed E-state index contributed by atoms with van der Waals surface area (Å²) in [7, 11) is 1.92. The van der Waals surface area contributed by atoms with Gasteiger partial charge >= 0.3 is 12.1 Å². The van der Waals surface area contributed by atoms with Gasteiger partial charge in [-0.2, -0.15) is 33.7 Å². The number of rotatable bonds is 13. The first-order valence-corrected chi connectivity index (χ1v) is 15.3. The largest absolute Gasteiger partial charge is 0.508 e. The average molecular weight is 606 g/mol. The van der Waals surface area contributed by atoms with Gasteiger partial charge in [0.15, 0.2) is 0 Å². The first-order chi connectivity index (χ1) is 20.0. The van der Waals surface area contributed by atoms with E-state index in [0.29, 0.717) is 31.9 Å². The Morgan fingerprint density at radius 3 is 2.31 bits per heavy atom. The molecule has 9 heteroatoms. The molecule has 226 valence electrons. The van der Waals surface area contributed by atoms with Crippen molar-refractivity contribution in [3.63, 3.8) is 0 Å². The van der Waals surface area contributed by atoms with Crippen LogP contribution in [0.25, 0.3) is 11.1 Å². The number of benzene rings is 3. The van der Waals surface area contributed by atoms with Crippen molar-refractivity contribution in [1.29, 1.82) is 0 Å². The average Bonchev–Trinajstić information content (AvgIpc) is 3.14. The molecule has 0 atom stereocenters. The van der Waals surface area contributed by atoms with Crippen molar-refractivity contribution in [2.24, 2.45) is 0 Å². The molecule has 0 amide bonds. The molecule has 0 bridgehead atoms. The lowest BCUT2D eigenvalue weighted by Gasteiger charge is -2.19. The van der Waals surface area contributed by atoms with Crippen molar-refractivity contribution in [2.75, 3.05) is 38.2 Å². The van der Waals surface area contributed by atoms with Crippen LogP contribution in [0.3, 0.4) is 0 Å². The van der Waals surface area contributed by atoms with Crippen LogP contribution in [0.5, 0.6) is 11.5 Å². The SMILES string of the molecule is CN(CCCSCCC(F)(F)C(F)(F)F)CCOc1ccc(C2=C(c3ccccc3)CCCc3cc(O)ccc32)cc1. The molecule has 0 heterocycles. The topological polar surface area (TPSA) is 32.7 Å². The third-order valence-electron chi connectivity index (χ3n) is 7.34. The van der Waals surface area contributed by atoms with Gasteiger partial charge in [0.05, 0.1) is 0 Å². The first kappa shape index (κ1) is 31.9. The normalized spacial score (nSPS) is 14.2. The fourth-order valence-corrected chi connectivity index (χ4v) is 6.00. The molecule has 3 aromatic rings. The summed E-state index contributed by atoms with van der Waals surface area (Å²) in [6.45, 7) is 1.80. The fourth-order valence-electron chi connectivity index (χ4n) is 5.06. The number of hydrogen-bond acceptors (Lipinski definition) is 4. The summed E-state index contributed by atoms with van der Waals surface area (Å²) in [5.41, 5.74) is 6.98. The number of nitrogens with zero attached hydrogens (tertiary/aromatic N) is 1. The van der Waals surface area contributed by atoms with Crippen LogP contribution in [0.2, 0.25) is 0 Å². The Kier molecular flexibility index (Phi) is 11.0. The third kappa shape index (κ3) is 8.51. The monoisotopic (exact) mass is 605 g/mol. The van der Waals surface area contributed by atoms with E-state index in [2.05, 4.69) is 36.4 Å². The molecule has 0 radical (unpaired) electrons. The van der Waals surface area contributed by atoms with E-state index in [1.54, 1.807) is 6.07 Å². The number of ether oxygens (including phenoxy) is 1. The third-order valence-corrected chi connectivity index (χ3v) is 8.41. The Balaban J connectivity index is 1.31. The summed E-state index contributed by atoms with van der Waals surface area (Å²) in [4.78, 5) is 2.05. The minimum absolute atomic E-state index is 0.229. The van der Waals surface area contributed by atoms with Crippen LogP contribution in [-0.4, -0.2) is 60.4 Å². The van der Waals surface area contributed by atoms with E-state index in [1.807, 2.05) is 42.3 Å². The molecule has 1 N–H and O–H groups in total. The van der Waals surface area contributed by atoms with E-state index >= 15 is 0 Å². The predicted molar refractivity (Wildman–Crippen MR) is 160 cm³/mol. The van der Waals surface area contributed by atoms with Crippen LogP contribution >= 0.6 is 11.8 Å². The Labute approximate surface area is 248 Å². The summed E-state index contributed by atoms with van der Waals surface area (Å²) >= 11 is 1.11. The number of thioether (sulfide) groups is 1. The van der Waals surface area contributed by atoms with E-state index < -0.39 is 18.5 Å². The summed E-state index contributed by atoms with van der Waals surface area (Å²) in [6.07, 6.45) is -3.17. The number of phenols is 1. The number of fused-ring (bicyclic) bond motifs is 1. The van der Waals surface area contributed by atoms with Crippen LogP contribution < -0.4 is 4.74 Å². The van der Waals surface area contributed by atoms with Gasteiger partial charge in [-0.05, 0) is 108 Å². The maximum Gasteiger partial charge on any atom is 0.453 e. The maximum absolute atomic E-state index is 13.0. The van der Waals surface area contributed by atoms with Crippen LogP contribution in [-0.2, 0) is 6.42 Å². The predicted octanol–water partition coefficient (Wildman–Crippen LogP) is 8.71. The minimum Gasteiger partial charge on any atom is -0.508 e. The molecule has 0 fully saturated rings. The van der Waals surface area contributed by atoms with Crippen LogP contribution in [0.15, 0.2) is 72.8 Å². The van der Waals surface area contributed by atoms with Crippen LogP contribution in [0.4, 0.5) is 22.0 Å². The van der Waals surface area contributed by atoms with Gasteiger partial charge in [-0.15, -0.1) is 0 Å². The number of allylic oxidation sites excluding steroid dienone is 1. The van der Waals surface area contributed by atoms with E-state index in [0.717, 1.165) is 53.5 Å². The summed E-state index contributed by atoms with van der Waals surface area (Å²) in [5.74, 6) is -3.32. The van der Waals surface area contributed by atoms with Crippen LogP contribution in [0, 0.1) is 0 Å². The molecule has 4 rings (SSSR count). The summed E-state index contributed by atoms with van der Waals surface area (Å²) in [6, 6.07) is 24.1. The second-order valence-corrected chi connectivity index (χ2v) is 11.7. The van der Waals surface area contributed by atoms with E-state index in [1.165, 1.54) is 16.7 Å². The van der Waals surface area contributed by atoms with Crippen molar-refractivity contribution in [2.45, 2.75) is 44.2 Å². The molecule has 0 aromatic heterocycles. The number of aryl methyl sites for hydroxylation is 1. The number of hydrogen-bond donors (Lipinski definition) is 1. The Morgan fingerprint density at radius 1 is 0.857 bits per heavy atom. The first-order valence-electron chi connectivity index (χ1n) is 14.1. The lowest BCUT2D eigenvalue weighted by atomic mass is 9.88. The molecule has 1 aliphatic carbocycles. The Morgan fingerprint density at radius 2 is 1.60 bits per heavy atom. The molecule has 0 saturated heterocycles. The number of likely N-dealkylation sites (N-methyl/N-ethyl adjacent to an activating group) is 1. The molecular weight excluding hydrogens is 569 g/mol. The summed E-state index contributed by atoms with van der Waals surface area (Å²) < 4.78 is 68.6. The van der Waals surface area contributed by atoms with Gasteiger partial charge in [0, 0.05) is 13.0 Å². The Hall–Kier alpha value is -3.04. The van der Waals surface area contributed by atoms with Gasteiger partial charge in [-0.1, -0.05) is 48.5 Å². The number of phenolic OH excluding ortho intramolecular Hbond substituents is 1. The molecule has 1 aliphatic rings. The minimum atomic E-state index is -5.48. The molecule has 0 spiro atoms. The maximum atomic E-state index is 13.0. The van der Waals surface area contributed by atoms with Gasteiger partial charge in [0.25, 0.3) is 0 Å². The molecule has 0 saturated carbocycles. The molecule has 42 heavy (non-hydrogen) atoms. The van der Waals surface area contributed by atoms with E-state index in [9.17, 15) is 27.1 Å². The van der Waals surface area contributed by atoms with Gasteiger partial charge < -0.3 is 14.7 Å². The zero-order valence-corrected chi connectivity index (χ0v) is 24.4. The van der Waals surface area contributed by atoms with Crippen molar-refractivity contribution in [3.05, 3.63) is 95.1 Å². The molecule has 0 aliphatic heterocycles. The van der Waals surface area contributed by atoms with E-state index in [-0.39, 0.29) is 11.5 Å². The number of alkyl halides is 5. The lowest BCUT2D eigenvalue weighted by Crippen LogP contribution is -2.36. The molecule has 0 unspecified atom stereocenters. The standard InChI is InChI=1S/C33H36F5NO2S/c1-39(18-6-21-42-22-17-32(34,35)33(36,37)38)19-20-41-28-14-11-25(12-15-28)31-29(24-7-3-2-4-8-24)10-5-9-26-23-27(40)13-16-30(26)31/h2-4,7-8,11-16,23,40H,5-6,9-10,17-22H2,1H3. The highest BCUT2D eigenvalue weighted by Gasteiger charge is 2.56. The van der Waals surface area contributed by atoms with Crippen LogP contribution in [0.1, 0.15) is 47.9 Å². The highest BCUT2D eigenvalue weighted by molar-refractivity contribution is 7.99. The van der Waals surface area contributed by atoms with Gasteiger partial charge in [-0.3, -0.25) is 0 Å². The van der Waals surface area contributed by atoms with E-state index in [4.69, 9.17) is 4.74 Å². The second kappa shape index (κ2) is 14.4. The van der Waals surface area contributed by atoms with Crippen molar-refractivity contribution in [1.82, 2.24) is 4.90 Å². The van der Waals surface area contributed by atoms with Crippen molar-refractivity contribution >= 4 is 22.9 Å². The highest BCUT2D eigenvalue weighted by atomic mass is 32.2. The summed E-state index contributed by atoms with van der Waals surface area (Å²) in [5, 5.41) is 10.1. The fraction of sp³-hybridized carbons (Fsp3) is 0.394. The zero-order valence-electron chi connectivity index (χ0n) is 23.6. The van der Waals surface area contributed by atoms with Crippen molar-refractivity contribution < 1.29 is 31.8 Å². The smallest absolute Gasteiger partial charge is 0.453 e. The number of halogens is 5. The van der Waals surface area contributed by atoms with Gasteiger partial charge in [0.1, 0.15) is 18.1 Å². The molecule has 3 aromatic carbocycles. The zero-order chi connectivity index (χ0) is 30.2. The Bertz CT molecular complexity index is 1330. The highest BCUT2D eigenvalue weighted by Crippen LogP contribution is 2.41. The lowest BCUT2D eigenvalue weighted by molar-refractivity contribution is -0.282. The quantitative estimate of drug-likeness (QED) is 0.156. The molecular formula is C33H36F5NO2S.